The highest BCUT2D eigenvalue weighted by Gasteiger charge is 2.21. The molecule has 0 atom stereocenters. The minimum Gasteiger partial charge on any atom is -0.388 e. The van der Waals surface area contributed by atoms with Crippen LogP contribution in [-0.2, 0) is 0 Å². The first-order chi connectivity index (χ1) is 7.09. The molecular weight excluding hydrogens is 214 g/mol. The van der Waals surface area contributed by atoms with Gasteiger partial charge in [0.25, 0.3) is 0 Å². The van der Waals surface area contributed by atoms with Crippen LogP contribution in [0.1, 0.15) is 26.7 Å². The van der Waals surface area contributed by atoms with Crippen LogP contribution in [0, 0.1) is 0 Å². The van der Waals surface area contributed by atoms with Gasteiger partial charge in [-0.05, 0) is 12.8 Å². The van der Waals surface area contributed by atoms with Crippen LogP contribution in [0.5, 0.6) is 0 Å². The lowest BCUT2D eigenvalue weighted by atomic mass is 9.98. The van der Waals surface area contributed by atoms with E-state index in [9.17, 15) is 5.11 Å². The van der Waals surface area contributed by atoms with Gasteiger partial charge in [-0.2, -0.15) is 0 Å². The number of anilines is 1. The highest BCUT2D eigenvalue weighted by atomic mass is 35.5. The summed E-state index contributed by atoms with van der Waals surface area (Å²) in [6.07, 6.45) is 4.45. The lowest BCUT2D eigenvalue weighted by molar-refractivity contribution is 0.0456. The molecule has 84 valence electrons. The highest BCUT2D eigenvalue weighted by Crippen LogP contribution is 2.15. The molecule has 5 heteroatoms. The molecule has 0 saturated carbocycles. The standard InChI is InChI=1S/C10H16ClN3O/c1-3-10(15,4-2)7-13-9-6-12-5-8(11)14-9/h5-6,15H,3-4,7H2,1-2H3,(H,13,14). The fourth-order valence-electron chi connectivity index (χ4n) is 1.18. The van der Waals surface area contributed by atoms with E-state index < -0.39 is 5.60 Å². The molecule has 1 rings (SSSR count). The summed E-state index contributed by atoms with van der Waals surface area (Å²) in [5, 5.41) is 13.4. The maximum Gasteiger partial charge on any atom is 0.149 e. The first-order valence-corrected chi connectivity index (χ1v) is 5.41. The topological polar surface area (TPSA) is 58.0 Å². The molecule has 0 spiro atoms. The van der Waals surface area contributed by atoms with E-state index in [1.165, 1.54) is 6.20 Å². The van der Waals surface area contributed by atoms with Crippen molar-refractivity contribution >= 4 is 17.4 Å². The number of hydrogen-bond donors (Lipinski definition) is 2. The molecule has 1 aromatic heterocycles. The molecule has 4 nitrogen and oxygen atoms in total. The molecule has 0 bridgehead atoms. The quantitative estimate of drug-likeness (QED) is 0.812. The average molecular weight is 230 g/mol. The van der Waals surface area contributed by atoms with Crippen LogP contribution in [0.2, 0.25) is 5.15 Å². The smallest absolute Gasteiger partial charge is 0.149 e. The van der Waals surface area contributed by atoms with E-state index in [4.69, 9.17) is 11.6 Å². The highest BCUT2D eigenvalue weighted by molar-refractivity contribution is 6.29. The van der Waals surface area contributed by atoms with Crippen LogP contribution >= 0.6 is 11.6 Å². The van der Waals surface area contributed by atoms with Crippen molar-refractivity contribution in [1.82, 2.24) is 9.97 Å². The second-order valence-corrected chi connectivity index (χ2v) is 3.90. The van der Waals surface area contributed by atoms with Crippen LogP contribution in [-0.4, -0.2) is 27.2 Å². The molecule has 0 saturated heterocycles. The minimum absolute atomic E-state index is 0.344. The van der Waals surface area contributed by atoms with Crippen molar-refractivity contribution in [2.75, 3.05) is 11.9 Å². The average Bonchev–Trinajstić information content (AvgIpc) is 2.26. The van der Waals surface area contributed by atoms with E-state index in [2.05, 4.69) is 15.3 Å². The number of nitrogens with zero attached hydrogens (tertiary/aromatic N) is 2. The zero-order valence-corrected chi connectivity index (χ0v) is 9.75. The lowest BCUT2D eigenvalue weighted by Gasteiger charge is -2.25. The summed E-state index contributed by atoms with van der Waals surface area (Å²) < 4.78 is 0. The second-order valence-electron chi connectivity index (χ2n) is 3.51. The van der Waals surface area contributed by atoms with Gasteiger partial charge in [-0.3, -0.25) is 4.98 Å². The first kappa shape index (κ1) is 12.2. The Morgan fingerprint density at radius 3 is 2.60 bits per heavy atom. The Kier molecular flexibility index (Phi) is 4.29. The number of nitrogens with one attached hydrogen (secondary N) is 1. The third-order valence-corrected chi connectivity index (χ3v) is 2.70. The Hall–Kier alpha value is -0.870. The molecule has 2 N–H and O–H groups in total. The second kappa shape index (κ2) is 5.28. The molecule has 0 aliphatic rings. The fraction of sp³-hybridized carbons (Fsp3) is 0.600. The van der Waals surface area contributed by atoms with Gasteiger partial charge in [-0.25, -0.2) is 4.98 Å². The molecular formula is C10H16ClN3O. The van der Waals surface area contributed by atoms with Crippen molar-refractivity contribution < 1.29 is 5.11 Å². The van der Waals surface area contributed by atoms with Gasteiger partial charge in [0.1, 0.15) is 11.0 Å². The summed E-state index contributed by atoms with van der Waals surface area (Å²) in [7, 11) is 0. The Balaban J connectivity index is 2.56. The van der Waals surface area contributed by atoms with Gasteiger partial charge in [-0.1, -0.05) is 25.4 Å². The largest absolute Gasteiger partial charge is 0.388 e. The Labute approximate surface area is 94.7 Å². The molecule has 1 aromatic rings. The van der Waals surface area contributed by atoms with Gasteiger partial charge in [0.2, 0.25) is 0 Å². The maximum absolute atomic E-state index is 10.0. The van der Waals surface area contributed by atoms with E-state index in [-0.39, 0.29) is 0 Å². The summed E-state index contributed by atoms with van der Waals surface area (Å²) in [5.74, 6) is 0.586. The van der Waals surface area contributed by atoms with Crippen LogP contribution in [0.4, 0.5) is 5.82 Å². The number of aromatic nitrogens is 2. The summed E-state index contributed by atoms with van der Waals surface area (Å²) in [6, 6.07) is 0. The zero-order chi connectivity index (χ0) is 11.3. The van der Waals surface area contributed by atoms with Gasteiger partial charge in [-0.15, -0.1) is 0 Å². The predicted octanol–water partition coefficient (Wildman–Crippen LogP) is 2.09. The van der Waals surface area contributed by atoms with Gasteiger partial charge >= 0.3 is 0 Å². The summed E-state index contributed by atoms with van der Waals surface area (Å²) in [6.45, 7) is 4.36. The third kappa shape index (κ3) is 3.64. The van der Waals surface area contributed by atoms with Crippen molar-refractivity contribution in [2.24, 2.45) is 0 Å². The molecule has 0 radical (unpaired) electrons. The van der Waals surface area contributed by atoms with Gasteiger partial charge in [0.15, 0.2) is 0 Å². The number of rotatable bonds is 5. The van der Waals surface area contributed by atoms with Crippen molar-refractivity contribution in [3.63, 3.8) is 0 Å². The minimum atomic E-state index is -0.690. The van der Waals surface area contributed by atoms with Gasteiger partial charge in [0.05, 0.1) is 18.0 Å². The van der Waals surface area contributed by atoms with Crippen LogP contribution in [0.15, 0.2) is 12.4 Å². The van der Waals surface area contributed by atoms with E-state index in [0.717, 1.165) is 0 Å². The van der Waals surface area contributed by atoms with Crippen molar-refractivity contribution in [2.45, 2.75) is 32.3 Å². The Bertz CT molecular complexity index is 315. The summed E-state index contributed by atoms with van der Waals surface area (Å²) in [4.78, 5) is 7.92. The zero-order valence-electron chi connectivity index (χ0n) is 9.00. The molecule has 0 aliphatic heterocycles. The molecule has 0 aromatic carbocycles. The Morgan fingerprint density at radius 2 is 2.07 bits per heavy atom. The Morgan fingerprint density at radius 1 is 1.40 bits per heavy atom. The predicted molar refractivity (Wildman–Crippen MR) is 61.1 cm³/mol. The van der Waals surface area contributed by atoms with Crippen molar-refractivity contribution in [3.8, 4) is 0 Å². The monoisotopic (exact) mass is 229 g/mol. The molecule has 0 fully saturated rings. The van der Waals surface area contributed by atoms with E-state index >= 15 is 0 Å². The molecule has 0 aliphatic carbocycles. The van der Waals surface area contributed by atoms with Crippen molar-refractivity contribution in [3.05, 3.63) is 17.5 Å². The summed E-state index contributed by atoms with van der Waals surface area (Å²) in [5.41, 5.74) is -0.690. The maximum atomic E-state index is 10.0. The third-order valence-electron chi connectivity index (χ3n) is 2.52. The number of halogens is 1. The lowest BCUT2D eigenvalue weighted by Crippen LogP contribution is -2.35. The molecule has 0 unspecified atom stereocenters. The first-order valence-electron chi connectivity index (χ1n) is 5.03. The normalized spacial score (nSPS) is 11.5. The number of hydrogen-bond acceptors (Lipinski definition) is 4. The molecule has 15 heavy (non-hydrogen) atoms. The van der Waals surface area contributed by atoms with Crippen molar-refractivity contribution in [1.29, 1.82) is 0 Å². The molecule has 1 heterocycles. The van der Waals surface area contributed by atoms with E-state index in [1.54, 1.807) is 6.20 Å². The van der Waals surface area contributed by atoms with E-state index in [1.807, 2.05) is 13.8 Å². The van der Waals surface area contributed by atoms with Crippen LogP contribution in [0.25, 0.3) is 0 Å². The summed E-state index contributed by atoms with van der Waals surface area (Å²) >= 11 is 5.69. The SMILES string of the molecule is CCC(O)(CC)CNc1cncc(Cl)n1. The van der Waals surface area contributed by atoms with Gasteiger partial charge in [0, 0.05) is 6.54 Å². The number of aliphatic hydroxyl groups is 1. The van der Waals surface area contributed by atoms with Crippen LogP contribution in [0.3, 0.4) is 0 Å². The fourth-order valence-corrected chi connectivity index (χ4v) is 1.33. The van der Waals surface area contributed by atoms with Gasteiger partial charge < -0.3 is 10.4 Å². The van der Waals surface area contributed by atoms with E-state index in [0.29, 0.717) is 30.4 Å². The van der Waals surface area contributed by atoms with Crippen LogP contribution < -0.4 is 5.32 Å². The molecule has 0 amide bonds.